The van der Waals surface area contributed by atoms with E-state index in [4.69, 9.17) is 18.0 Å². The normalized spacial score (nSPS) is 12.1. The lowest BCUT2D eigenvalue weighted by molar-refractivity contribution is 0.460. The predicted molar refractivity (Wildman–Crippen MR) is 71.3 cm³/mol. The van der Waals surface area contributed by atoms with Crippen molar-refractivity contribution in [3.8, 4) is 12.3 Å². The molecule has 0 aromatic carbocycles. The first-order valence-corrected chi connectivity index (χ1v) is 7.76. The molecular weight excluding hydrogens is 294 g/mol. The molecule has 96 valence electrons. The van der Waals surface area contributed by atoms with Gasteiger partial charge in [0.1, 0.15) is 0 Å². The summed E-state index contributed by atoms with van der Waals surface area (Å²) in [6.45, 7) is 2.00. The number of thiazole rings is 1. The molecule has 0 atom stereocenters. The van der Waals surface area contributed by atoms with E-state index in [0.29, 0.717) is 4.96 Å². The number of sulfonamides is 1. The largest absolute Gasteiger partial charge is 0.279 e. The smallest absolute Gasteiger partial charge is 0.263 e. The van der Waals surface area contributed by atoms with Crippen molar-refractivity contribution in [3.63, 3.8) is 0 Å². The maximum Gasteiger partial charge on any atom is 0.263 e. The van der Waals surface area contributed by atoms with Crippen LogP contribution >= 0.6 is 22.9 Å². The fraction of sp³-hybridized carbons (Fsp3) is 0.300. The van der Waals surface area contributed by atoms with Gasteiger partial charge in [-0.25, -0.2) is 13.4 Å². The molecule has 18 heavy (non-hydrogen) atoms. The number of hydrogen-bond donors (Lipinski definition) is 0. The summed E-state index contributed by atoms with van der Waals surface area (Å²) in [6, 6.07) is 0. The third-order valence-corrected chi connectivity index (χ3v) is 5.46. The summed E-state index contributed by atoms with van der Waals surface area (Å²) in [6.07, 6.45) is 6.80. The standard InChI is InChI=1S/C10H10ClN3O2S2/c1-3-5-13(4-2)18(15,16)9-8(11)12-10-14(9)6-7-17-10/h1,6-7H,4-5H2,2H3. The minimum absolute atomic E-state index is 0.00648. The molecule has 0 spiro atoms. The summed E-state index contributed by atoms with van der Waals surface area (Å²) >= 11 is 7.23. The third kappa shape index (κ3) is 2.01. The van der Waals surface area contributed by atoms with Crippen molar-refractivity contribution >= 4 is 37.9 Å². The van der Waals surface area contributed by atoms with Crippen LogP contribution in [0.1, 0.15) is 6.92 Å². The second-order valence-electron chi connectivity index (χ2n) is 3.40. The number of aromatic nitrogens is 2. The van der Waals surface area contributed by atoms with E-state index >= 15 is 0 Å². The Morgan fingerprint density at radius 1 is 1.67 bits per heavy atom. The Morgan fingerprint density at radius 2 is 2.39 bits per heavy atom. The quantitative estimate of drug-likeness (QED) is 0.808. The van der Waals surface area contributed by atoms with E-state index in [9.17, 15) is 8.42 Å². The molecule has 0 aliphatic rings. The summed E-state index contributed by atoms with van der Waals surface area (Å²) < 4.78 is 27.5. The molecule has 0 aliphatic heterocycles. The van der Waals surface area contributed by atoms with E-state index in [1.54, 1.807) is 18.5 Å². The van der Waals surface area contributed by atoms with Crippen molar-refractivity contribution in [3.05, 3.63) is 16.7 Å². The molecule has 2 aromatic rings. The fourth-order valence-electron chi connectivity index (χ4n) is 1.56. The molecule has 0 amide bonds. The number of fused-ring (bicyclic) bond motifs is 1. The van der Waals surface area contributed by atoms with Crippen molar-refractivity contribution in [2.45, 2.75) is 11.9 Å². The average molecular weight is 304 g/mol. The molecule has 0 aliphatic carbocycles. The zero-order valence-corrected chi connectivity index (χ0v) is 11.9. The molecule has 0 saturated heterocycles. The number of hydrogen-bond acceptors (Lipinski definition) is 4. The first kappa shape index (κ1) is 13.4. The van der Waals surface area contributed by atoms with Gasteiger partial charge in [0.25, 0.3) is 10.0 Å². The van der Waals surface area contributed by atoms with Gasteiger partial charge >= 0.3 is 0 Å². The van der Waals surface area contributed by atoms with E-state index < -0.39 is 10.0 Å². The van der Waals surface area contributed by atoms with Crippen LogP contribution in [-0.2, 0) is 10.0 Å². The van der Waals surface area contributed by atoms with Crippen molar-refractivity contribution < 1.29 is 8.42 Å². The van der Waals surface area contributed by atoms with Crippen LogP contribution in [0.5, 0.6) is 0 Å². The number of rotatable bonds is 4. The predicted octanol–water partition coefficient (Wildman–Crippen LogP) is 1.69. The van der Waals surface area contributed by atoms with E-state index in [1.807, 2.05) is 0 Å². The molecule has 2 rings (SSSR count). The Morgan fingerprint density at radius 3 is 3.00 bits per heavy atom. The molecule has 0 N–H and O–H groups in total. The molecule has 0 unspecified atom stereocenters. The summed E-state index contributed by atoms with van der Waals surface area (Å²) in [5.74, 6) is 2.32. The molecule has 2 aromatic heterocycles. The zero-order chi connectivity index (χ0) is 13.3. The average Bonchev–Trinajstić information content (AvgIpc) is 2.84. The highest BCUT2D eigenvalue weighted by Gasteiger charge is 2.30. The van der Waals surface area contributed by atoms with Crippen molar-refractivity contribution in [1.82, 2.24) is 13.7 Å². The van der Waals surface area contributed by atoms with Gasteiger partial charge in [0.05, 0.1) is 6.54 Å². The first-order valence-electron chi connectivity index (χ1n) is 5.07. The Hall–Kier alpha value is -1.07. The van der Waals surface area contributed by atoms with Crippen LogP contribution in [0.4, 0.5) is 0 Å². The molecule has 5 nitrogen and oxygen atoms in total. The van der Waals surface area contributed by atoms with Gasteiger partial charge in [-0.15, -0.1) is 17.8 Å². The van der Waals surface area contributed by atoms with Crippen molar-refractivity contribution in [2.75, 3.05) is 13.1 Å². The molecule has 0 bridgehead atoms. The molecule has 0 radical (unpaired) electrons. The van der Waals surface area contributed by atoms with Gasteiger partial charge in [0.15, 0.2) is 15.1 Å². The Bertz CT molecular complexity index is 711. The molecule has 0 saturated carbocycles. The first-order chi connectivity index (χ1) is 8.52. The van der Waals surface area contributed by atoms with Gasteiger partial charge in [0.2, 0.25) is 0 Å². The molecule has 2 heterocycles. The lowest BCUT2D eigenvalue weighted by atomic mass is 10.6. The zero-order valence-electron chi connectivity index (χ0n) is 9.50. The Balaban J connectivity index is 2.62. The van der Waals surface area contributed by atoms with Gasteiger partial charge in [-0.2, -0.15) is 4.31 Å². The summed E-state index contributed by atoms with van der Waals surface area (Å²) in [5.41, 5.74) is 0. The minimum Gasteiger partial charge on any atom is -0.279 e. The number of halogens is 1. The third-order valence-electron chi connectivity index (χ3n) is 2.38. The monoisotopic (exact) mass is 303 g/mol. The molecule has 0 fully saturated rings. The van der Waals surface area contributed by atoms with Gasteiger partial charge in [-0.3, -0.25) is 4.40 Å². The van der Waals surface area contributed by atoms with Crippen LogP contribution in [0.3, 0.4) is 0 Å². The maximum atomic E-state index is 12.4. The van der Waals surface area contributed by atoms with Gasteiger partial charge in [-0.1, -0.05) is 24.4 Å². The number of nitrogens with zero attached hydrogens (tertiary/aromatic N) is 3. The van der Waals surface area contributed by atoms with Crippen LogP contribution in [0.25, 0.3) is 4.96 Å². The van der Waals surface area contributed by atoms with Crippen LogP contribution in [0.2, 0.25) is 5.15 Å². The summed E-state index contributed by atoms with van der Waals surface area (Å²) in [5, 5.41) is 1.68. The van der Waals surface area contributed by atoms with Crippen molar-refractivity contribution in [2.24, 2.45) is 0 Å². The second-order valence-corrected chi connectivity index (χ2v) is 6.48. The molecule has 8 heteroatoms. The number of terminal acetylenes is 1. The van der Waals surface area contributed by atoms with Crippen LogP contribution < -0.4 is 0 Å². The lowest BCUT2D eigenvalue weighted by Crippen LogP contribution is -2.32. The van der Waals surface area contributed by atoms with Gasteiger partial charge in [0, 0.05) is 18.1 Å². The van der Waals surface area contributed by atoms with Gasteiger partial charge in [-0.05, 0) is 0 Å². The van der Waals surface area contributed by atoms with E-state index in [1.165, 1.54) is 20.0 Å². The number of imidazole rings is 1. The van der Waals surface area contributed by atoms with Crippen LogP contribution in [-0.4, -0.2) is 35.2 Å². The SMILES string of the molecule is C#CCN(CC)S(=O)(=O)c1c(Cl)nc2sccn12. The summed E-state index contributed by atoms with van der Waals surface area (Å²) in [7, 11) is -3.73. The van der Waals surface area contributed by atoms with E-state index in [-0.39, 0.29) is 23.3 Å². The van der Waals surface area contributed by atoms with Crippen LogP contribution in [0, 0.1) is 12.3 Å². The topological polar surface area (TPSA) is 54.7 Å². The highest BCUT2D eigenvalue weighted by Crippen LogP contribution is 2.27. The maximum absolute atomic E-state index is 12.4. The fourth-order valence-corrected chi connectivity index (χ4v) is 4.33. The van der Waals surface area contributed by atoms with E-state index in [2.05, 4.69) is 10.9 Å². The van der Waals surface area contributed by atoms with Crippen LogP contribution in [0.15, 0.2) is 16.6 Å². The van der Waals surface area contributed by atoms with Crippen molar-refractivity contribution in [1.29, 1.82) is 0 Å². The summed E-state index contributed by atoms with van der Waals surface area (Å²) in [4.78, 5) is 4.54. The Kier molecular flexibility index (Phi) is 3.64. The second kappa shape index (κ2) is 4.90. The highest BCUT2D eigenvalue weighted by atomic mass is 35.5. The Labute approximate surface area is 114 Å². The van der Waals surface area contributed by atoms with E-state index in [0.717, 1.165) is 0 Å². The minimum atomic E-state index is -3.73. The lowest BCUT2D eigenvalue weighted by Gasteiger charge is -2.17. The highest BCUT2D eigenvalue weighted by molar-refractivity contribution is 7.89. The van der Waals surface area contributed by atoms with Gasteiger partial charge < -0.3 is 0 Å². The molecular formula is C10H10ClN3O2S2.